The Morgan fingerprint density at radius 1 is 1.59 bits per heavy atom. The molecule has 0 saturated carbocycles. The van der Waals surface area contributed by atoms with Gasteiger partial charge in [0.15, 0.2) is 0 Å². The number of aliphatic hydroxyl groups is 1. The van der Waals surface area contributed by atoms with Gasteiger partial charge < -0.3 is 15.2 Å². The maximum Gasteiger partial charge on any atom is 0.274 e. The summed E-state index contributed by atoms with van der Waals surface area (Å²) in [7, 11) is 1.53. The van der Waals surface area contributed by atoms with Gasteiger partial charge in [-0.1, -0.05) is 6.07 Å². The summed E-state index contributed by atoms with van der Waals surface area (Å²) in [5.41, 5.74) is 1.26. The van der Waals surface area contributed by atoms with Crippen molar-refractivity contribution in [2.75, 3.05) is 25.6 Å². The fraction of sp³-hybridized carbons (Fsp3) is 0.455. The van der Waals surface area contributed by atoms with Gasteiger partial charge in [-0.25, -0.2) is 0 Å². The number of hydrogen-bond acceptors (Lipinski definition) is 5. The summed E-state index contributed by atoms with van der Waals surface area (Å²) in [5.74, 6) is 0. The van der Waals surface area contributed by atoms with Crippen molar-refractivity contribution in [1.82, 2.24) is 0 Å². The maximum atomic E-state index is 10.8. The second-order valence-electron chi connectivity index (χ2n) is 3.74. The Kier molecular flexibility index (Phi) is 4.86. The van der Waals surface area contributed by atoms with E-state index in [4.69, 9.17) is 9.84 Å². The largest absolute Gasteiger partial charge is 0.394 e. The van der Waals surface area contributed by atoms with Crippen LogP contribution in [0.3, 0.4) is 0 Å². The highest BCUT2D eigenvalue weighted by molar-refractivity contribution is 5.55. The molecule has 17 heavy (non-hydrogen) atoms. The lowest BCUT2D eigenvalue weighted by Crippen LogP contribution is -2.28. The van der Waals surface area contributed by atoms with Crippen molar-refractivity contribution in [3.8, 4) is 0 Å². The number of aliphatic hydroxyl groups excluding tert-OH is 1. The van der Waals surface area contributed by atoms with Crippen LogP contribution in [-0.4, -0.2) is 36.4 Å². The molecule has 94 valence electrons. The molecule has 1 unspecified atom stereocenters. The number of rotatable bonds is 6. The molecule has 1 atom stereocenters. The highest BCUT2D eigenvalue weighted by Gasteiger charge is 2.13. The van der Waals surface area contributed by atoms with E-state index < -0.39 is 4.92 Å². The highest BCUT2D eigenvalue weighted by Crippen LogP contribution is 2.22. The number of benzene rings is 1. The lowest BCUT2D eigenvalue weighted by Gasteiger charge is -2.16. The van der Waals surface area contributed by atoms with E-state index in [0.717, 1.165) is 0 Å². The molecule has 0 heterocycles. The van der Waals surface area contributed by atoms with Gasteiger partial charge in [0.05, 0.1) is 24.2 Å². The fourth-order valence-electron chi connectivity index (χ4n) is 1.47. The number of nitro groups is 1. The number of nitrogens with zero attached hydrogens (tertiary/aromatic N) is 1. The van der Waals surface area contributed by atoms with Crippen LogP contribution in [-0.2, 0) is 4.74 Å². The Morgan fingerprint density at radius 2 is 2.29 bits per heavy atom. The Labute approximate surface area is 99.4 Å². The smallest absolute Gasteiger partial charge is 0.274 e. The van der Waals surface area contributed by atoms with E-state index in [0.29, 0.717) is 17.9 Å². The van der Waals surface area contributed by atoms with Crippen molar-refractivity contribution in [2.24, 2.45) is 0 Å². The van der Waals surface area contributed by atoms with Gasteiger partial charge in [-0.3, -0.25) is 10.1 Å². The monoisotopic (exact) mass is 240 g/mol. The molecular weight excluding hydrogens is 224 g/mol. The predicted molar refractivity (Wildman–Crippen MR) is 64.2 cm³/mol. The molecule has 0 amide bonds. The first kappa shape index (κ1) is 13.4. The van der Waals surface area contributed by atoms with E-state index in [-0.39, 0.29) is 18.3 Å². The lowest BCUT2D eigenvalue weighted by molar-refractivity contribution is -0.385. The van der Waals surface area contributed by atoms with E-state index in [1.54, 1.807) is 19.1 Å². The van der Waals surface area contributed by atoms with Crippen molar-refractivity contribution in [2.45, 2.75) is 13.0 Å². The molecule has 0 aliphatic rings. The first-order valence-electron chi connectivity index (χ1n) is 5.20. The van der Waals surface area contributed by atoms with Gasteiger partial charge in [0.1, 0.15) is 0 Å². The average Bonchev–Trinajstić information content (AvgIpc) is 2.30. The summed E-state index contributed by atoms with van der Waals surface area (Å²) in [6, 6.07) is 4.58. The van der Waals surface area contributed by atoms with Gasteiger partial charge >= 0.3 is 0 Å². The van der Waals surface area contributed by atoms with Crippen LogP contribution in [0.25, 0.3) is 0 Å². The molecule has 0 spiro atoms. The zero-order valence-electron chi connectivity index (χ0n) is 9.84. The fourth-order valence-corrected chi connectivity index (χ4v) is 1.47. The van der Waals surface area contributed by atoms with Crippen molar-refractivity contribution in [1.29, 1.82) is 0 Å². The predicted octanol–water partition coefficient (Wildman–Crippen LogP) is 1.32. The van der Waals surface area contributed by atoms with Crippen molar-refractivity contribution < 1.29 is 14.8 Å². The zero-order chi connectivity index (χ0) is 12.8. The van der Waals surface area contributed by atoms with Crippen LogP contribution in [0.1, 0.15) is 5.56 Å². The van der Waals surface area contributed by atoms with Crippen molar-refractivity contribution >= 4 is 11.4 Å². The van der Waals surface area contributed by atoms with Crippen molar-refractivity contribution in [3.63, 3.8) is 0 Å². The summed E-state index contributed by atoms with van der Waals surface area (Å²) < 4.78 is 4.91. The zero-order valence-corrected chi connectivity index (χ0v) is 9.84. The third-order valence-electron chi connectivity index (χ3n) is 2.36. The van der Waals surface area contributed by atoms with Gasteiger partial charge in [-0.2, -0.15) is 0 Å². The molecule has 1 aromatic carbocycles. The molecule has 6 heteroatoms. The van der Waals surface area contributed by atoms with Crippen LogP contribution in [0.2, 0.25) is 0 Å². The van der Waals surface area contributed by atoms with Gasteiger partial charge in [0.2, 0.25) is 0 Å². The third-order valence-corrected chi connectivity index (χ3v) is 2.36. The molecule has 1 aromatic rings. The second-order valence-corrected chi connectivity index (χ2v) is 3.74. The Morgan fingerprint density at radius 3 is 2.82 bits per heavy atom. The average molecular weight is 240 g/mol. The van der Waals surface area contributed by atoms with Crippen LogP contribution in [0.4, 0.5) is 11.4 Å². The van der Waals surface area contributed by atoms with Gasteiger partial charge in [-0.05, 0) is 13.0 Å². The molecule has 0 aliphatic heterocycles. The maximum absolute atomic E-state index is 10.8. The highest BCUT2D eigenvalue weighted by atomic mass is 16.6. The molecule has 0 aromatic heterocycles. The topological polar surface area (TPSA) is 84.6 Å². The van der Waals surface area contributed by atoms with E-state index >= 15 is 0 Å². The molecule has 6 nitrogen and oxygen atoms in total. The molecule has 0 radical (unpaired) electrons. The van der Waals surface area contributed by atoms with Crippen LogP contribution in [0, 0.1) is 17.0 Å². The quantitative estimate of drug-likeness (QED) is 0.578. The second kappa shape index (κ2) is 6.17. The number of aryl methyl sites for hydroxylation is 1. The minimum absolute atomic E-state index is 0.0594. The Bertz CT molecular complexity index is 395. The van der Waals surface area contributed by atoms with E-state index in [1.807, 2.05) is 0 Å². The summed E-state index contributed by atoms with van der Waals surface area (Å²) in [6.07, 6.45) is 0. The van der Waals surface area contributed by atoms with Gasteiger partial charge in [0.25, 0.3) is 5.69 Å². The first-order chi connectivity index (χ1) is 8.08. The molecule has 2 N–H and O–H groups in total. The van der Waals surface area contributed by atoms with E-state index in [9.17, 15) is 10.1 Å². The molecule has 1 rings (SSSR count). The summed E-state index contributed by atoms with van der Waals surface area (Å²) in [6.45, 7) is 1.91. The van der Waals surface area contributed by atoms with Crippen LogP contribution < -0.4 is 5.32 Å². The molecule has 0 fully saturated rings. The normalized spacial score (nSPS) is 12.2. The minimum atomic E-state index is -0.426. The van der Waals surface area contributed by atoms with Crippen LogP contribution in [0.5, 0.6) is 0 Å². The SMILES string of the molecule is COCC(CO)Nc1ccc(C)c([N+](=O)[O-])c1. The number of nitrogens with one attached hydrogen (secondary N) is 1. The number of methoxy groups -OCH3 is 1. The Balaban J connectivity index is 2.84. The number of hydrogen-bond donors (Lipinski definition) is 2. The van der Waals surface area contributed by atoms with Gasteiger partial charge in [0, 0.05) is 24.4 Å². The van der Waals surface area contributed by atoms with Gasteiger partial charge in [-0.15, -0.1) is 0 Å². The molecule has 0 bridgehead atoms. The van der Waals surface area contributed by atoms with E-state index in [1.165, 1.54) is 13.2 Å². The summed E-state index contributed by atoms with van der Waals surface area (Å²) >= 11 is 0. The van der Waals surface area contributed by atoms with Crippen LogP contribution in [0.15, 0.2) is 18.2 Å². The third kappa shape index (κ3) is 3.69. The first-order valence-corrected chi connectivity index (χ1v) is 5.20. The number of ether oxygens (including phenoxy) is 1. The summed E-state index contributed by atoms with van der Waals surface area (Å²) in [4.78, 5) is 10.3. The molecule has 0 saturated heterocycles. The number of anilines is 1. The molecule has 0 aliphatic carbocycles. The standard InChI is InChI=1S/C11H16N2O4/c1-8-3-4-9(5-11(8)13(15)16)12-10(6-14)7-17-2/h3-5,10,12,14H,6-7H2,1-2H3. The Hall–Kier alpha value is -1.66. The summed E-state index contributed by atoms with van der Waals surface area (Å²) in [5, 5.41) is 22.8. The minimum Gasteiger partial charge on any atom is -0.394 e. The number of nitro benzene ring substituents is 1. The molecular formula is C11H16N2O4. The van der Waals surface area contributed by atoms with Crippen molar-refractivity contribution in [3.05, 3.63) is 33.9 Å². The van der Waals surface area contributed by atoms with Crippen LogP contribution >= 0.6 is 0 Å². The lowest BCUT2D eigenvalue weighted by atomic mass is 10.1. The van der Waals surface area contributed by atoms with E-state index in [2.05, 4.69) is 5.32 Å².